The quantitative estimate of drug-likeness (QED) is 0.434. The van der Waals surface area contributed by atoms with Crippen LogP contribution in [0.3, 0.4) is 0 Å². The molecule has 3 nitrogen and oxygen atoms in total. The van der Waals surface area contributed by atoms with Gasteiger partial charge in [0.2, 0.25) is 0 Å². The van der Waals surface area contributed by atoms with Crippen LogP contribution in [0.5, 0.6) is 0 Å². The third-order valence-corrected chi connectivity index (χ3v) is 2.84. The van der Waals surface area contributed by atoms with Crippen LogP contribution in [0, 0.1) is 0 Å². The molecule has 0 fully saturated rings. The van der Waals surface area contributed by atoms with Crippen molar-refractivity contribution in [3.63, 3.8) is 0 Å². The number of unbranched alkanes of at least 4 members (excludes halogenated alkanes) is 5. The highest BCUT2D eigenvalue weighted by Gasteiger charge is 1.98. The van der Waals surface area contributed by atoms with E-state index in [-0.39, 0.29) is 5.97 Å². The lowest BCUT2D eigenvalue weighted by molar-refractivity contribution is -0.140. The molecule has 0 aliphatic carbocycles. The van der Waals surface area contributed by atoms with Crippen LogP contribution < -0.4 is 0 Å². The molecule has 0 radical (unpaired) electrons. The Bertz CT molecular complexity index is 214. The summed E-state index contributed by atoms with van der Waals surface area (Å²) in [6.45, 7) is 3.20. The molecule has 0 atom stereocenters. The Balaban J connectivity index is 3.19. The Labute approximate surface area is 106 Å². The summed E-state index contributed by atoms with van der Waals surface area (Å²) >= 11 is 0. The first-order valence-electron chi connectivity index (χ1n) is 6.64. The Morgan fingerprint density at radius 3 is 2.47 bits per heavy atom. The van der Waals surface area contributed by atoms with Crippen LogP contribution in [0.1, 0.15) is 51.9 Å². The maximum atomic E-state index is 10.8. The number of ether oxygens (including phenoxy) is 1. The second-order valence-electron chi connectivity index (χ2n) is 4.34. The van der Waals surface area contributed by atoms with Gasteiger partial charge >= 0.3 is 5.97 Å². The molecule has 0 bridgehead atoms. The number of nitrogens with zero attached hydrogens (tertiary/aromatic N) is 1. The minimum Gasteiger partial charge on any atom is -0.469 e. The van der Waals surface area contributed by atoms with Gasteiger partial charge in [0.25, 0.3) is 0 Å². The number of hydrogen-bond acceptors (Lipinski definition) is 3. The number of esters is 1. The van der Waals surface area contributed by atoms with Crippen LogP contribution in [-0.2, 0) is 9.53 Å². The van der Waals surface area contributed by atoms with Gasteiger partial charge in [-0.3, -0.25) is 4.79 Å². The van der Waals surface area contributed by atoms with Gasteiger partial charge in [-0.25, -0.2) is 0 Å². The second-order valence-corrected chi connectivity index (χ2v) is 4.34. The predicted octanol–water partition coefficient (Wildman–Crippen LogP) is 3.36. The molecular weight excluding hydrogens is 214 g/mol. The molecule has 100 valence electrons. The third kappa shape index (κ3) is 11.3. The van der Waals surface area contributed by atoms with Crippen molar-refractivity contribution in [3.05, 3.63) is 12.3 Å². The van der Waals surface area contributed by atoms with Crippen LogP contribution in [0.15, 0.2) is 12.3 Å². The summed E-state index contributed by atoms with van der Waals surface area (Å²) in [4.78, 5) is 13.0. The standard InChI is InChI=1S/C14H27NO2/c1-4-15(2)13-11-9-7-5-6-8-10-12-14(16)17-3/h11,13H,4-10,12H2,1-3H3. The average Bonchev–Trinajstić information content (AvgIpc) is 2.35. The molecular formula is C14H27NO2. The SMILES string of the molecule is CCN(C)C=CCCCCCCCC(=O)OC. The molecule has 0 aromatic heterocycles. The normalized spacial score (nSPS) is 10.8. The molecule has 0 heterocycles. The first-order valence-corrected chi connectivity index (χ1v) is 6.64. The Morgan fingerprint density at radius 2 is 1.82 bits per heavy atom. The van der Waals surface area contributed by atoms with E-state index >= 15 is 0 Å². The molecule has 0 saturated carbocycles. The highest BCUT2D eigenvalue weighted by Crippen LogP contribution is 2.08. The van der Waals surface area contributed by atoms with Crippen molar-refractivity contribution < 1.29 is 9.53 Å². The maximum absolute atomic E-state index is 10.8. The first-order chi connectivity index (χ1) is 8.20. The molecule has 0 aliphatic rings. The maximum Gasteiger partial charge on any atom is 0.305 e. The molecule has 0 saturated heterocycles. The zero-order valence-electron chi connectivity index (χ0n) is 11.6. The lowest BCUT2D eigenvalue weighted by Gasteiger charge is -2.08. The first kappa shape index (κ1) is 16.0. The van der Waals surface area contributed by atoms with Gasteiger partial charge < -0.3 is 9.64 Å². The highest BCUT2D eigenvalue weighted by atomic mass is 16.5. The Morgan fingerprint density at radius 1 is 1.18 bits per heavy atom. The van der Waals surface area contributed by atoms with Crippen molar-refractivity contribution >= 4 is 5.97 Å². The van der Waals surface area contributed by atoms with Crippen molar-refractivity contribution in [1.82, 2.24) is 4.90 Å². The van der Waals surface area contributed by atoms with Crippen LogP contribution in [-0.4, -0.2) is 31.6 Å². The topological polar surface area (TPSA) is 29.5 Å². The summed E-state index contributed by atoms with van der Waals surface area (Å²) in [5.74, 6) is -0.0875. The van der Waals surface area contributed by atoms with Crippen LogP contribution in [0.2, 0.25) is 0 Å². The van der Waals surface area contributed by atoms with Gasteiger partial charge in [0.1, 0.15) is 0 Å². The average molecular weight is 241 g/mol. The second kappa shape index (κ2) is 11.5. The molecule has 0 N–H and O–H groups in total. The Kier molecular flexibility index (Phi) is 10.8. The van der Waals surface area contributed by atoms with Crippen LogP contribution in [0.25, 0.3) is 0 Å². The summed E-state index contributed by atoms with van der Waals surface area (Å²) in [5.41, 5.74) is 0. The number of carbonyl (C=O) groups is 1. The number of rotatable bonds is 10. The fraction of sp³-hybridized carbons (Fsp3) is 0.786. The van der Waals surface area contributed by atoms with Gasteiger partial charge in [0.05, 0.1) is 7.11 Å². The number of carbonyl (C=O) groups excluding carboxylic acids is 1. The van der Waals surface area contributed by atoms with E-state index in [0.29, 0.717) is 6.42 Å². The van der Waals surface area contributed by atoms with Crippen molar-refractivity contribution in [2.24, 2.45) is 0 Å². The van der Waals surface area contributed by atoms with Gasteiger partial charge in [-0.2, -0.15) is 0 Å². The molecule has 0 spiro atoms. The number of hydrogen-bond donors (Lipinski definition) is 0. The summed E-state index contributed by atoms with van der Waals surface area (Å²) in [6, 6.07) is 0. The lowest BCUT2D eigenvalue weighted by Crippen LogP contribution is -2.08. The molecule has 0 aliphatic heterocycles. The van der Waals surface area contributed by atoms with E-state index in [1.807, 2.05) is 0 Å². The zero-order valence-corrected chi connectivity index (χ0v) is 11.6. The van der Waals surface area contributed by atoms with Gasteiger partial charge in [0.15, 0.2) is 0 Å². The van der Waals surface area contributed by atoms with E-state index in [0.717, 1.165) is 25.8 Å². The summed E-state index contributed by atoms with van der Waals surface area (Å²) in [7, 11) is 3.53. The van der Waals surface area contributed by atoms with E-state index in [1.54, 1.807) is 0 Å². The van der Waals surface area contributed by atoms with E-state index in [9.17, 15) is 4.79 Å². The van der Waals surface area contributed by atoms with Crippen molar-refractivity contribution in [3.8, 4) is 0 Å². The lowest BCUT2D eigenvalue weighted by atomic mass is 10.1. The summed E-state index contributed by atoms with van der Waals surface area (Å²) in [5, 5.41) is 0. The predicted molar refractivity (Wildman–Crippen MR) is 71.8 cm³/mol. The summed E-state index contributed by atoms with van der Waals surface area (Å²) in [6.07, 6.45) is 11.9. The largest absolute Gasteiger partial charge is 0.469 e. The molecule has 3 heteroatoms. The van der Waals surface area contributed by atoms with E-state index in [4.69, 9.17) is 0 Å². The smallest absolute Gasteiger partial charge is 0.305 e. The van der Waals surface area contributed by atoms with E-state index < -0.39 is 0 Å². The molecule has 0 aromatic carbocycles. The van der Waals surface area contributed by atoms with E-state index in [2.05, 4.69) is 35.9 Å². The highest BCUT2D eigenvalue weighted by molar-refractivity contribution is 5.68. The molecule has 0 amide bonds. The van der Waals surface area contributed by atoms with Crippen molar-refractivity contribution in [2.45, 2.75) is 51.9 Å². The molecule has 0 unspecified atom stereocenters. The molecule has 0 aromatic rings. The minimum atomic E-state index is -0.0875. The zero-order chi connectivity index (χ0) is 12.9. The van der Waals surface area contributed by atoms with Gasteiger partial charge in [-0.1, -0.05) is 25.3 Å². The minimum absolute atomic E-state index is 0.0875. The van der Waals surface area contributed by atoms with E-state index in [1.165, 1.54) is 26.4 Å². The molecule has 17 heavy (non-hydrogen) atoms. The summed E-state index contributed by atoms with van der Waals surface area (Å²) < 4.78 is 4.59. The van der Waals surface area contributed by atoms with Crippen molar-refractivity contribution in [2.75, 3.05) is 20.7 Å². The van der Waals surface area contributed by atoms with Gasteiger partial charge in [0, 0.05) is 20.0 Å². The third-order valence-electron chi connectivity index (χ3n) is 2.84. The molecule has 0 rings (SSSR count). The fourth-order valence-electron chi connectivity index (χ4n) is 1.52. The van der Waals surface area contributed by atoms with Crippen molar-refractivity contribution in [1.29, 1.82) is 0 Å². The van der Waals surface area contributed by atoms with Gasteiger partial charge in [-0.15, -0.1) is 0 Å². The van der Waals surface area contributed by atoms with Crippen LogP contribution >= 0.6 is 0 Å². The fourth-order valence-corrected chi connectivity index (χ4v) is 1.52. The number of allylic oxidation sites excluding steroid dienone is 1. The van der Waals surface area contributed by atoms with Gasteiger partial charge in [-0.05, 0) is 32.4 Å². The monoisotopic (exact) mass is 241 g/mol. The number of methoxy groups -OCH3 is 1. The van der Waals surface area contributed by atoms with Crippen LogP contribution in [0.4, 0.5) is 0 Å². The Hall–Kier alpha value is -0.990.